The lowest BCUT2D eigenvalue weighted by atomic mass is 9.92. The molecule has 0 radical (unpaired) electrons. The SMILES string of the molecule is CC(=NO)c1cccc(-c2ccccc2)c1CCOC1CCCCO1. The van der Waals surface area contributed by atoms with Crippen molar-refractivity contribution in [1.82, 2.24) is 0 Å². The van der Waals surface area contributed by atoms with E-state index in [1.54, 1.807) is 0 Å². The summed E-state index contributed by atoms with van der Waals surface area (Å²) in [5.41, 5.74) is 5.01. The molecule has 132 valence electrons. The molecule has 2 aromatic rings. The smallest absolute Gasteiger partial charge is 0.157 e. The highest BCUT2D eigenvalue weighted by Crippen LogP contribution is 2.28. The molecule has 1 aliphatic rings. The summed E-state index contributed by atoms with van der Waals surface area (Å²) in [6.45, 7) is 3.19. The minimum atomic E-state index is -0.0892. The Morgan fingerprint density at radius 2 is 2.00 bits per heavy atom. The third kappa shape index (κ3) is 4.47. The largest absolute Gasteiger partial charge is 0.411 e. The molecule has 1 unspecified atom stereocenters. The maximum Gasteiger partial charge on any atom is 0.157 e. The molecule has 0 spiro atoms. The predicted molar refractivity (Wildman–Crippen MR) is 99.1 cm³/mol. The van der Waals surface area contributed by atoms with Gasteiger partial charge in [0.25, 0.3) is 0 Å². The Labute approximate surface area is 149 Å². The first-order chi connectivity index (χ1) is 12.3. The standard InChI is InChI=1S/C21H25NO3/c1-16(22-23)18-10-7-11-19(17-8-3-2-4-9-17)20(18)13-15-25-21-12-5-6-14-24-21/h2-4,7-11,21,23H,5-6,12-15H2,1H3. The molecule has 0 saturated carbocycles. The van der Waals surface area contributed by atoms with Crippen LogP contribution in [0.1, 0.15) is 37.3 Å². The molecule has 3 rings (SSSR count). The van der Waals surface area contributed by atoms with Gasteiger partial charge in [-0.1, -0.05) is 53.7 Å². The van der Waals surface area contributed by atoms with E-state index in [9.17, 15) is 5.21 Å². The maximum atomic E-state index is 9.24. The molecule has 25 heavy (non-hydrogen) atoms. The number of hydrogen-bond donors (Lipinski definition) is 1. The van der Waals surface area contributed by atoms with Gasteiger partial charge in [-0.2, -0.15) is 0 Å². The van der Waals surface area contributed by atoms with E-state index < -0.39 is 0 Å². The first kappa shape index (κ1) is 17.6. The highest BCUT2D eigenvalue weighted by Gasteiger charge is 2.16. The Balaban J connectivity index is 1.83. The van der Waals surface area contributed by atoms with Crippen molar-refractivity contribution in [2.24, 2.45) is 5.16 Å². The minimum absolute atomic E-state index is 0.0892. The van der Waals surface area contributed by atoms with E-state index in [0.29, 0.717) is 12.3 Å². The molecule has 4 nitrogen and oxygen atoms in total. The van der Waals surface area contributed by atoms with Gasteiger partial charge in [-0.05, 0) is 49.3 Å². The Morgan fingerprint density at radius 3 is 2.72 bits per heavy atom. The lowest BCUT2D eigenvalue weighted by Crippen LogP contribution is -2.23. The molecule has 0 aliphatic carbocycles. The zero-order valence-electron chi connectivity index (χ0n) is 14.6. The van der Waals surface area contributed by atoms with Gasteiger partial charge in [0.2, 0.25) is 0 Å². The Bertz CT molecular complexity index is 706. The van der Waals surface area contributed by atoms with E-state index >= 15 is 0 Å². The summed E-state index contributed by atoms with van der Waals surface area (Å²) in [7, 11) is 0. The van der Waals surface area contributed by atoms with Crippen molar-refractivity contribution >= 4 is 5.71 Å². The van der Waals surface area contributed by atoms with Crippen LogP contribution in [-0.2, 0) is 15.9 Å². The normalized spacial score (nSPS) is 18.3. The molecule has 1 heterocycles. The fraction of sp³-hybridized carbons (Fsp3) is 0.381. The molecule has 1 atom stereocenters. The molecule has 2 aromatic carbocycles. The number of oxime groups is 1. The molecule has 1 saturated heterocycles. The molecule has 1 N–H and O–H groups in total. The zero-order valence-corrected chi connectivity index (χ0v) is 14.6. The van der Waals surface area contributed by atoms with Gasteiger partial charge in [0.15, 0.2) is 6.29 Å². The second kappa shape index (κ2) is 8.79. The van der Waals surface area contributed by atoms with Crippen LogP contribution in [0.2, 0.25) is 0 Å². The van der Waals surface area contributed by atoms with Gasteiger partial charge in [-0.25, -0.2) is 0 Å². The van der Waals surface area contributed by atoms with Crippen molar-refractivity contribution in [2.45, 2.75) is 38.9 Å². The van der Waals surface area contributed by atoms with E-state index in [4.69, 9.17) is 9.47 Å². The summed E-state index contributed by atoms with van der Waals surface area (Å²) >= 11 is 0. The Kier molecular flexibility index (Phi) is 6.20. The van der Waals surface area contributed by atoms with E-state index in [1.807, 2.05) is 37.3 Å². The number of hydrogen-bond acceptors (Lipinski definition) is 4. The van der Waals surface area contributed by atoms with Crippen LogP contribution in [0.4, 0.5) is 0 Å². The summed E-state index contributed by atoms with van der Waals surface area (Å²) in [6, 6.07) is 16.4. The topological polar surface area (TPSA) is 51.1 Å². The monoisotopic (exact) mass is 339 g/mol. The first-order valence-electron chi connectivity index (χ1n) is 8.89. The van der Waals surface area contributed by atoms with Crippen LogP contribution in [0.3, 0.4) is 0 Å². The van der Waals surface area contributed by atoms with Crippen LogP contribution in [-0.4, -0.2) is 30.4 Å². The quantitative estimate of drug-likeness (QED) is 0.474. The molecule has 0 aromatic heterocycles. The second-order valence-corrected chi connectivity index (χ2v) is 6.30. The van der Waals surface area contributed by atoms with Gasteiger partial charge in [0, 0.05) is 12.2 Å². The van der Waals surface area contributed by atoms with Gasteiger partial charge >= 0.3 is 0 Å². The van der Waals surface area contributed by atoms with Gasteiger partial charge in [0.1, 0.15) is 0 Å². The fourth-order valence-corrected chi connectivity index (χ4v) is 3.27. The highest BCUT2D eigenvalue weighted by atomic mass is 16.7. The summed E-state index contributed by atoms with van der Waals surface area (Å²) < 4.78 is 11.6. The van der Waals surface area contributed by atoms with Crippen LogP contribution in [0, 0.1) is 0 Å². The number of ether oxygens (including phenoxy) is 2. The van der Waals surface area contributed by atoms with Crippen LogP contribution in [0.5, 0.6) is 0 Å². The van der Waals surface area contributed by atoms with Crippen molar-refractivity contribution in [2.75, 3.05) is 13.2 Å². The molecule has 1 fully saturated rings. The van der Waals surface area contributed by atoms with Gasteiger partial charge in [-0.3, -0.25) is 0 Å². The van der Waals surface area contributed by atoms with Crippen molar-refractivity contribution in [3.05, 3.63) is 59.7 Å². The van der Waals surface area contributed by atoms with Crippen molar-refractivity contribution < 1.29 is 14.7 Å². The van der Waals surface area contributed by atoms with E-state index in [0.717, 1.165) is 54.5 Å². The Morgan fingerprint density at radius 1 is 1.16 bits per heavy atom. The zero-order chi connectivity index (χ0) is 17.5. The minimum Gasteiger partial charge on any atom is -0.411 e. The number of rotatable bonds is 6. The van der Waals surface area contributed by atoms with Crippen LogP contribution in [0.25, 0.3) is 11.1 Å². The van der Waals surface area contributed by atoms with Crippen molar-refractivity contribution in [1.29, 1.82) is 0 Å². The summed E-state index contributed by atoms with van der Waals surface area (Å²) in [4.78, 5) is 0. The van der Waals surface area contributed by atoms with E-state index in [-0.39, 0.29) is 6.29 Å². The molecular weight excluding hydrogens is 314 g/mol. The summed E-state index contributed by atoms with van der Waals surface area (Å²) in [5.74, 6) is 0. The van der Waals surface area contributed by atoms with Crippen molar-refractivity contribution in [3.8, 4) is 11.1 Å². The molecule has 0 bridgehead atoms. The first-order valence-corrected chi connectivity index (χ1v) is 8.89. The van der Waals surface area contributed by atoms with E-state index in [1.165, 1.54) is 0 Å². The van der Waals surface area contributed by atoms with Gasteiger partial charge in [0.05, 0.1) is 12.3 Å². The lowest BCUT2D eigenvalue weighted by molar-refractivity contribution is -0.161. The van der Waals surface area contributed by atoms with E-state index in [2.05, 4.69) is 23.4 Å². The van der Waals surface area contributed by atoms with Crippen molar-refractivity contribution in [3.63, 3.8) is 0 Å². The third-order valence-electron chi connectivity index (χ3n) is 4.59. The van der Waals surface area contributed by atoms with Gasteiger partial charge < -0.3 is 14.7 Å². The van der Waals surface area contributed by atoms with Crippen LogP contribution < -0.4 is 0 Å². The average molecular weight is 339 g/mol. The lowest BCUT2D eigenvalue weighted by Gasteiger charge is -2.23. The second-order valence-electron chi connectivity index (χ2n) is 6.30. The number of nitrogens with zero attached hydrogens (tertiary/aromatic N) is 1. The Hall–Kier alpha value is -2.17. The molecule has 1 aliphatic heterocycles. The summed E-state index contributed by atoms with van der Waals surface area (Å²) in [5, 5.41) is 12.6. The summed E-state index contributed by atoms with van der Waals surface area (Å²) in [6.07, 6.45) is 3.89. The highest BCUT2D eigenvalue weighted by molar-refractivity contribution is 6.01. The van der Waals surface area contributed by atoms with Gasteiger partial charge in [-0.15, -0.1) is 0 Å². The molecule has 4 heteroatoms. The maximum absolute atomic E-state index is 9.24. The van der Waals surface area contributed by atoms with Crippen LogP contribution >= 0.6 is 0 Å². The third-order valence-corrected chi connectivity index (χ3v) is 4.59. The predicted octanol–water partition coefficient (Wildman–Crippen LogP) is 4.64. The molecule has 0 amide bonds. The average Bonchev–Trinajstić information content (AvgIpc) is 2.69. The fourth-order valence-electron chi connectivity index (χ4n) is 3.27. The molecular formula is C21H25NO3. The van der Waals surface area contributed by atoms with Crippen LogP contribution in [0.15, 0.2) is 53.7 Å². The number of benzene rings is 2.